The predicted octanol–water partition coefficient (Wildman–Crippen LogP) is 3.82. The van der Waals surface area contributed by atoms with E-state index in [1.165, 1.54) is 0 Å². The highest BCUT2D eigenvalue weighted by Crippen LogP contribution is 2.33. The van der Waals surface area contributed by atoms with Crippen molar-refractivity contribution in [2.45, 2.75) is 57.6 Å². The average Bonchev–Trinajstić information content (AvgIpc) is 2.91. The number of benzene rings is 2. The first kappa shape index (κ1) is 27.5. The Morgan fingerprint density at radius 3 is 2.44 bits per heavy atom. The van der Waals surface area contributed by atoms with E-state index in [9.17, 15) is 14.7 Å². The van der Waals surface area contributed by atoms with Crippen LogP contribution in [-0.2, 0) is 4.79 Å². The summed E-state index contributed by atoms with van der Waals surface area (Å²) in [6, 6.07) is 12.0. The summed E-state index contributed by atoms with van der Waals surface area (Å²) in [5, 5.41) is 17.3. The summed E-state index contributed by atoms with van der Waals surface area (Å²) in [4.78, 5) is 25.0. The molecule has 2 atom stereocenters. The van der Waals surface area contributed by atoms with Crippen LogP contribution in [0.5, 0.6) is 17.2 Å². The number of nitrogens with one attached hydrogen (secondary N) is 2. The number of carbonyl (C=O) groups is 2. The third kappa shape index (κ3) is 8.24. The first-order valence-electron chi connectivity index (χ1n) is 12.8. The summed E-state index contributed by atoms with van der Waals surface area (Å²) in [6.45, 7) is 4.28. The highest BCUT2D eigenvalue weighted by Gasteiger charge is 2.24. The van der Waals surface area contributed by atoms with Crippen LogP contribution in [0.4, 0.5) is 0 Å². The van der Waals surface area contributed by atoms with Crippen LogP contribution >= 0.6 is 0 Å². The Hall–Kier alpha value is -3.10. The van der Waals surface area contributed by atoms with Crippen LogP contribution in [0.25, 0.3) is 0 Å². The third-order valence-corrected chi connectivity index (χ3v) is 6.15. The van der Waals surface area contributed by atoms with E-state index in [1.807, 2.05) is 0 Å². The van der Waals surface area contributed by atoms with Gasteiger partial charge in [-0.3, -0.25) is 9.59 Å². The number of hydrogen-bond acceptors (Lipinski definition) is 7. The fourth-order valence-electron chi connectivity index (χ4n) is 4.10. The molecule has 0 aliphatic carbocycles. The molecule has 0 spiro atoms. The zero-order valence-electron chi connectivity index (χ0n) is 21.3. The van der Waals surface area contributed by atoms with Crippen LogP contribution in [0.3, 0.4) is 0 Å². The lowest BCUT2D eigenvalue weighted by Gasteiger charge is -2.26. The summed E-state index contributed by atoms with van der Waals surface area (Å²) >= 11 is 0. The van der Waals surface area contributed by atoms with E-state index in [-0.39, 0.29) is 11.7 Å². The molecule has 8 nitrogen and oxygen atoms in total. The smallest absolute Gasteiger partial charge is 0.220 e. The molecule has 1 heterocycles. The van der Waals surface area contributed by atoms with Crippen LogP contribution in [0.15, 0.2) is 42.5 Å². The van der Waals surface area contributed by atoms with Gasteiger partial charge in [0, 0.05) is 24.9 Å². The maximum Gasteiger partial charge on any atom is 0.220 e. The Morgan fingerprint density at radius 1 is 1.00 bits per heavy atom. The third-order valence-electron chi connectivity index (χ3n) is 6.15. The summed E-state index contributed by atoms with van der Waals surface area (Å²) in [7, 11) is 1.59. The summed E-state index contributed by atoms with van der Waals surface area (Å²) in [5.74, 6) is 1.96. The van der Waals surface area contributed by atoms with Crippen LogP contribution < -0.4 is 24.8 Å². The number of fused-ring (bicyclic) bond motifs is 1. The Kier molecular flexibility index (Phi) is 11.0. The monoisotopic (exact) mass is 498 g/mol. The van der Waals surface area contributed by atoms with Gasteiger partial charge in [0.05, 0.1) is 13.2 Å². The number of unbranched alkanes of at least 4 members (excludes halogenated alkanes) is 2. The van der Waals surface area contributed by atoms with Gasteiger partial charge in [-0.25, -0.2) is 0 Å². The summed E-state index contributed by atoms with van der Waals surface area (Å²) in [6.07, 6.45) is 3.02. The van der Waals surface area contributed by atoms with E-state index in [0.717, 1.165) is 31.6 Å². The number of methoxy groups -OCH3 is 1. The summed E-state index contributed by atoms with van der Waals surface area (Å²) < 4.78 is 16.3. The molecule has 1 amide bonds. The first-order chi connectivity index (χ1) is 17.5. The molecule has 0 saturated carbocycles. The second-order valence-electron chi connectivity index (χ2n) is 8.94. The minimum Gasteiger partial charge on any atom is -0.497 e. The quantitative estimate of drug-likeness (QED) is 0.253. The molecule has 0 fully saturated rings. The molecule has 1 aliphatic rings. The zero-order valence-corrected chi connectivity index (χ0v) is 21.3. The van der Waals surface area contributed by atoms with Crippen molar-refractivity contribution in [1.29, 1.82) is 0 Å². The van der Waals surface area contributed by atoms with Crippen LogP contribution in [-0.4, -0.2) is 56.3 Å². The van der Waals surface area contributed by atoms with Gasteiger partial charge in [0.1, 0.15) is 25.1 Å². The second-order valence-corrected chi connectivity index (χ2v) is 8.94. The number of ether oxygens (including phenoxy) is 3. The van der Waals surface area contributed by atoms with Gasteiger partial charge in [-0.2, -0.15) is 0 Å². The van der Waals surface area contributed by atoms with Crippen molar-refractivity contribution in [3.05, 3.63) is 53.6 Å². The molecule has 2 aromatic carbocycles. The number of Topliss-reactive ketones (excluding diaryl/α,β-unsaturated/α-hetero) is 1. The fraction of sp³-hybridized carbons (Fsp3) is 0.500. The summed E-state index contributed by atoms with van der Waals surface area (Å²) in [5.41, 5.74) is 1.34. The molecule has 1 aliphatic heterocycles. The van der Waals surface area contributed by atoms with Crippen molar-refractivity contribution in [3.63, 3.8) is 0 Å². The van der Waals surface area contributed by atoms with Gasteiger partial charge in [0.25, 0.3) is 0 Å². The Morgan fingerprint density at radius 2 is 1.72 bits per heavy atom. The second kappa shape index (κ2) is 14.5. The van der Waals surface area contributed by atoms with E-state index in [2.05, 4.69) is 17.6 Å². The Labute approximate surface area is 213 Å². The van der Waals surface area contributed by atoms with Crippen LogP contribution in [0.2, 0.25) is 0 Å². The maximum atomic E-state index is 12.7. The van der Waals surface area contributed by atoms with E-state index < -0.39 is 12.1 Å². The van der Waals surface area contributed by atoms with Gasteiger partial charge in [-0.15, -0.1) is 0 Å². The number of rotatable bonds is 15. The van der Waals surface area contributed by atoms with Gasteiger partial charge < -0.3 is 30.0 Å². The number of ketones is 1. The molecule has 0 unspecified atom stereocenters. The number of hydrogen-bond donors (Lipinski definition) is 3. The maximum absolute atomic E-state index is 12.7. The predicted molar refractivity (Wildman–Crippen MR) is 138 cm³/mol. The van der Waals surface area contributed by atoms with Crippen molar-refractivity contribution in [1.82, 2.24) is 10.6 Å². The number of aliphatic hydroxyl groups excluding tert-OH is 1. The molecule has 3 rings (SSSR count). The zero-order chi connectivity index (χ0) is 25.8. The van der Waals surface area contributed by atoms with Gasteiger partial charge in [0.15, 0.2) is 17.3 Å². The van der Waals surface area contributed by atoms with Crippen molar-refractivity contribution in [3.8, 4) is 17.2 Å². The molecule has 0 aromatic heterocycles. The Balaban J connectivity index is 1.45. The minimum atomic E-state index is -0.892. The van der Waals surface area contributed by atoms with Crippen LogP contribution in [0.1, 0.15) is 67.5 Å². The lowest BCUT2D eigenvalue weighted by molar-refractivity contribution is -0.122. The topological polar surface area (TPSA) is 106 Å². The fourth-order valence-corrected chi connectivity index (χ4v) is 4.10. The SMILES string of the molecule is CCCNC[C@@H](NC(=O)CCCCCC(=O)c1ccc(OC)cc1)[C@H](O)c1ccc2c(c1)OCCO2. The highest BCUT2D eigenvalue weighted by atomic mass is 16.6. The molecule has 3 N–H and O–H groups in total. The molecule has 0 bridgehead atoms. The van der Waals surface area contributed by atoms with E-state index in [1.54, 1.807) is 49.6 Å². The van der Waals surface area contributed by atoms with Gasteiger partial charge in [-0.05, 0) is 67.8 Å². The molecule has 0 radical (unpaired) electrons. The Bertz CT molecular complexity index is 979. The van der Waals surface area contributed by atoms with Gasteiger partial charge in [-0.1, -0.05) is 19.4 Å². The average molecular weight is 499 g/mol. The van der Waals surface area contributed by atoms with Gasteiger partial charge >= 0.3 is 0 Å². The normalized spacial score (nSPS) is 14.1. The molecule has 36 heavy (non-hydrogen) atoms. The lowest BCUT2D eigenvalue weighted by Crippen LogP contribution is -2.46. The van der Waals surface area contributed by atoms with E-state index in [4.69, 9.17) is 14.2 Å². The molecule has 2 aromatic rings. The largest absolute Gasteiger partial charge is 0.497 e. The number of carbonyl (C=O) groups excluding carboxylic acids is 2. The van der Waals surface area contributed by atoms with Crippen molar-refractivity contribution >= 4 is 11.7 Å². The van der Waals surface area contributed by atoms with Crippen molar-refractivity contribution < 1.29 is 28.9 Å². The van der Waals surface area contributed by atoms with E-state index >= 15 is 0 Å². The number of amides is 1. The number of aliphatic hydroxyl groups is 1. The van der Waals surface area contributed by atoms with Crippen molar-refractivity contribution in [2.24, 2.45) is 0 Å². The van der Waals surface area contributed by atoms with E-state index in [0.29, 0.717) is 61.6 Å². The molecular weight excluding hydrogens is 460 g/mol. The van der Waals surface area contributed by atoms with Crippen LogP contribution in [0, 0.1) is 0 Å². The lowest BCUT2D eigenvalue weighted by atomic mass is 10.0. The van der Waals surface area contributed by atoms with Gasteiger partial charge in [0.2, 0.25) is 5.91 Å². The standard InChI is InChI=1S/C28H38N2O6/c1-3-15-29-19-23(28(33)21-11-14-25-26(18-21)36-17-16-35-25)30-27(32)8-6-4-5-7-24(31)20-9-12-22(34-2)13-10-20/h9-14,18,23,28-29,33H,3-8,15-17,19H2,1-2H3,(H,30,32)/t23-,28-/m1/s1. The molecule has 196 valence electrons. The van der Waals surface area contributed by atoms with Crippen molar-refractivity contribution in [2.75, 3.05) is 33.4 Å². The molecule has 0 saturated heterocycles. The minimum absolute atomic E-state index is 0.0896. The first-order valence-corrected chi connectivity index (χ1v) is 12.8. The highest BCUT2D eigenvalue weighted by molar-refractivity contribution is 5.96. The molecule has 8 heteroatoms. The molecular formula is C28H38N2O6.